The first-order valence-corrected chi connectivity index (χ1v) is 6.99. The number of benzene rings is 2. The van der Waals surface area contributed by atoms with E-state index in [9.17, 15) is 0 Å². The van der Waals surface area contributed by atoms with E-state index in [4.69, 9.17) is 10.8 Å². The van der Waals surface area contributed by atoms with Gasteiger partial charge in [-0.05, 0) is 12.6 Å². The zero-order valence-electron chi connectivity index (χ0n) is 12.0. The van der Waals surface area contributed by atoms with Gasteiger partial charge in [-0.25, -0.2) is 0 Å². The smallest absolute Gasteiger partial charge is 0.141 e. The van der Waals surface area contributed by atoms with Crippen LogP contribution in [0, 0.1) is 0 Å². The summed E-state index contributed by atoms with van der Waals surface area (Å²) in [5, 5.41) is 7.12. The van der Waals surface area contributed by atoms with Crippen LogP contribution in [0.5, 0.6) is 0 Å². The van der Waals surface area contributed by atoms with Crippen LogP contribution in [0.3, 0.4) is 0 Å². The SMILES string of the molecule is CNC1N=C(c2ccccc2)c2ccccc2C/C1=N\N. The molecular formula is C17H18N4. The standard InChI is InChI=1S/C17H18N4/c1-19-17-15(21-18)11-13-9-5-6-10-14(13)16(20-17)12-7-3-2-4-8-12/h2-10,17,19H,11,18H2,1H3/b21-15+. The second-order valence-corrected chi connectivity index (χ2v) is 4.99. The van der Waals surface area contributed by atoms with Gasteiger partial charge in [0.15, 0.2) is 0 Å². The minimum atomic E-state index is -0.197. The van der Waals surface area contributed by atoms with Crippen LogP contribution in [-0.2, 0) is 6.42 Å². The van der Waals surface area contributed by atoms with Gasteiger partial charge < -0.3 is 5.84 Å². The molecule has 21 heavy (non-hydrogen) atoms. The quantitative estimate of drug-likeness (QED) is 0.651. The highest BCUT2D eigenvalue weighted by molar-refractivity contribution is 6.16. The molecule has 1 aliphatic heterocycles. The Bertz CT molecular complexity index is 689. The number of fused-ring (bicyclic) bond motifs is 1. The molecule has 0 saturated carbocycles. The minimum absolute atomic E-state index is 0.197. The Balaban J connectivity index is 2.21. The van der Waals surface area contributed by atoms with Crippen molar-refractivity contribution < 1.29 is 0 Å². The van der Waals surface area contributed by atoms with Gasteiger partial charge in [-0.1, -0.05) is 54.6 Å². The maximum absolute atomic E-state index is 5.56. The summed E-state index contributed by atoms with van der Waals surface area (Å²) in [5.74, 6) is 5.56. The molecule has 0 radical (unpaired) electrons. The number of nitrogens with one attached hydrogen (secondary N) is 1. The first-order valence-electron chi connectivity index (χ1n) is 6.99. The lowest BCUT2D eigenvalue weighted by Gasteiger charge is -2.12. The van der Waals surface area contributed by atoms with Crippen molar-refractivity contribution in [2.75, 3.05) is 7.05 Å². The van der Waals surface area contributed by atoms with Gasteiger partial charge in [-0.3, -0.25) is 10.3 Å². The largest absolute Gasteiger partial charge is 0.323 e. The maximum atomic E-state index is 5.56. The average Bonchev–Trinajstić information content (AvgIpc) is 2.72. The fraction of sp³-hybridized carbons (Fsp3) is 0.176. The molecule has 0 fully saturated rings. The Morgan fingerprint density at radius 3 is 2.52 bits per heavy atom. The van der Waals surface area contributed by atoms with E-state index in [2.05, 4.69) is 34.7 Å². The monoisotopic (exact) mass is 278 g/mol. The van der Waals surface area contributed by atoms with Crippen molar-refractivity contribution in [2.24, 2.45) is 15.9 Å². The Labute approximate surface area is 124 Å². The second kappa shape index (κ2) is 5.89. The normalized spacial score (nSPS) is 19.8. The molecule has 4 nitrogen and oxygen atoms in total. The summed E-state index contributed by atoms with van der Waals surface area (Å²) in [5.41, 5.74) is 5.26. The zero-order valence-corrected chi connectivity index (χ0v) is 12.0. The molecule has 1 heterocycles. The van der Waals surface area contributed by atoms with Crippen molar-refractivity contribution in [1.82, 2.24) is 5.32 Å². The molecule has 2 aromatic rings. The molecule has 0 saturated heterocycles. The summed E-state index contributed by atoms with van der Waals surface area (Å²) < 4.78 is 0. The lowest BCUT2D eigenvalue weighted by molar-refractivity contribution is 0.725. The summed E-state index contributed by atoms with van der Waals surface area (Å²) >= 11 is 0. The van der Waals surface area contributed by atoms with Crippen LogP contribution < -0.4 is 11.2 Å². The summed E-state index contributed by atoms with van der Waals surface area (Å²) in [4.78, 5) is 4.85. The van der Waals surface area contributed by atoms with Crippen LogP contribution in [-0.4, -0.2) is 24.6 Å². The van der Waals surface area contributed by atoms with Crippen LogP contribution >= 0.6 is 0 Å². The molecule has 4 heteroatoms. The van der Waals surface area contributed by atoms with E-state index >= 15 is 0 Å². The number of aliphatic imine (C=N–C) groups is 1. The molecule has 0 amide bonds. The number of hydrogen-bond acceptors (Lipinski definition) is 4. The van der Waals surface area contributed by atoms with Crippen molar-refractivity contribution in [2.45, 2.75) is 12.6 Å². The Morgan fingerprint density at radius 1 is 1.10 bits per heavy atom. The van der Waals surface area contributed by atoms with Crippen LogP contribution in [0.4, 0.5) is 0 Å². The van der Waals surface area contributed by atoms with Crippen molar-refractivity contribution in [3.8, 4) is 0 Å². The molecule has 0 aliphatic carbocycles. The Kier molecular flexibility index (Phi) is 3.79. The number of nitrogens with two attached hydrogens (primary N) is 1. The van der Waals surface area contributed by atoms with Crippen molar-refractivity contribution in [3.63, 3.8) is 0 Å². The molecule has 1 unspecified atom stereocenters. The third-order valence-corrected chi connectivity index (χ3v) is 3.70. The van der Waals surface area contributed by atoms with Crippen LogP contribution in [0.1, 0.15) is 16.7 Å². The molecule has 3 N–H and O–H groups in total. The third-order valence-electron chi connectivity index (χ3n) is 3.70. The van der Waals surface area contributed by atoms with E-state index in [0.717, 1.165) is 22.6 Å². The fourth-order valence-corrected chi connectivity index (χ4v) is 2.64. The molecule has 1 atom stereocenters. The van der Waals surface area contributed by atoms with Gasteiger partial charge in [0.05, 0.1) is 11.4 Å². The predicted octanol–water partition coefficient (Wildman–Crippen LogP) is 1.94. The van der Waals surface area contributed by atoms with E-state index in [1.54, 1.807) is 0 Å². The van der Waals surface area contributed by atoms with Gasteiger partial charge in [0.25, 0.3) is 0 Å². The lowest BCUT2D eigenvalue weighted by atomic mass is 9.96. The summed E-state index contributed by atoms with van der Waals surface area (Å²) in [7, 11) is 1.87. The molecule has 2 aromatic carbocycles. The van der Waals surface area contributed by atoms with Crippen molar-refractivity contribution >= 4 is 11.4 Å². The van der Waals surface area contributed by atoms with Crippen LogP contribution in [0.25, 0.3) is 0 Å². The highest BCUT2D eigenvalue weighted by atomic mass is 15.2. The maximum Gasteiger partial charge on any atom is 0.141 e. The van der Waals surface area contributed by atoms with Gasteiger partial charge in [0.2, 0.25) is 0 Å². The minimum Gasteiger partial charge on any atom is -0.323 e. The van der Waals surface area contributed by atoms with Crippen molar-refractivity contribution in [3.05, 3.63) is 71.3 Å². The highest BCUT2D eigenvalue weighted by Crippen LogP contribution is 2.21. The fourth-order valence-electron chi connectivity index (χ4n) is 2.64. The zero-order chi connectivity index (χ0) is 14.7. The topological polar surface area (TPSA) is 62.8 Å². The Hall–Kier alpha value is -2.46. The molecule has 0 spiro atoms. The number of hydrogen-bond donors (Lipinski definition) is 2. The molecule has 106 valence electrons. The number of rotatable bonds is 2. The predicted molar refractivity (Wildman–Crippen MR) is 86.7 cm³/mol. The van der Waals surface area contributed by atoms with Crippen molar-refractivity contribution in [1.29, 1.82) is 0 Å². The highest BCUT2D eigenvalue weighted by Gasteiger charge is 2.23. The van der Waals surface area contributed by atoms with Crippen LogP contribution in [0.2, 0.25) is 0 Å². The van der Waals surface area contributed by atoms with Gasteiger partial charge >= 0.3 is 0 Å². The van der Waals surface area contributed by atoms with Gasteiger partial charge in [0.1, 0.15) is 6.17 Å². The van der Waals surface area contributed by atoms with Gasteiger partial charge in [-0.2, -0.15) is 5.10 Å². The van der Waals surface area contributed by atoms with E-state index < -0.39 is 0 Å². The van der Waals surface area contributed by atoms with Gasteiger partial charge in [0, 0.05) is 17.5 Å². The van der Waals surface area contributed by atoms with Crippen LogP contribution in [0.15, 0.2) is 64.7 Å². The first-order chi connectivity index (χ1) is 10.3. The molecular weight excluding hydrogens is 260 g/mol. The summed E-state index contributed by atoms with van der Waals surface area (Å²) in [6, 6.07) is 18.5. The third kappa shape index (κ3) is 2.58. The van der Waals surface area contributed by atoms with E-state index in [1.807, 2.05) is 37.4 Å². The molecule has 0 bridgehead atoms. The van der Waals surface area contributed by atoms with E-state index in [0.29, 0.717) is 6.42 Å². The summed E-state index contributed by atoms with van der Waals surface area (Å²) in [6.07, 6.45) is 0.510. The van der Waals surface area contributed by atoms with E-state index in [1.165, 1.54) is 5.56 Å². The molecule has 3 rings (SSSR count). The van der Waals surface area contributed by atoms with Gasteiger partial charge in [-0.15, -0.1) is 0 Å². The molecule has 1 aliphatic rings. The molecule has 0 aromatic heterocycles. The lowest BCUT2D eigenvalue weighted by Crippen LogP contribution is -2.34. The van der Waals surface area contributed by atoms with E-state index in [-0.39, 0.29) is 6.17 Å². The number of hydrazone groups is 1. The summed E-state index contributed by atoms with van der Waals surface area (Å²) in [6.45, 7) is 0. The second-order valence-electron chi connectivity index (χ2n) is 4.99. The average molecular weight is 278 g/mol. The first kappa shape index (κ1) is 13.5. The Morgan fingerprint density at radius 2 is 1.81 bits per heavy atom. The number of nitrogens with zero attached hydrogens (tertiary/aromatic N) is 2.